The Balaban J connectivity index is 1.69. The Morgan fingerprint density at radius 3 is 2.54 bits per heavy atom. The van der Waals surface area contributed by atoms with Crippen LogP contribution < -0.4 is 21.1 Å². The molecule has 1 aliphatic carbocycles. The molecule has 5 nitrogen and oxygen atoms in total. The van der Waals surface area contributed by atoms with Gasteiger partial charge in [-0.05, 0) is 43.5 Å². The molecule has 1 aliphatic rings. The zero-order chi connectivity index (χ0) is 17.4. The van der Waals surface area contributed by atoms with Crippen molar-refractivity contribution < 1.29 is 9.53 Å². The lowest BCUT2D eigenvalue weighted by Gasteiger charge is -2.25. The highest BCUT2D eigenvalue weighted by Crippen LogP contribution is 2.26. The fourth-order valence-electron chi connectivity index (χ4n) is 3.27. The van der Waals surface area contributed by atoms with Crippen molar-refractivity contribution in [3.63, 3.8) is 0 Å². The van der Waals surface area contributed by atoms with Gasteiger partial charge < -0.3 is 21.1 Å². The molecule has 134 valence electrons. The molecule has 1 aromatic rings. The van der Waals surface area contributed by atoms with E-state index in [9.17, 15) is 4.79 Å². The highest BCUT2D eigenvalue weighted by Gasteiger charge is 2.22. The fraction of sp³-hybridized carbons (Fsp3) is 0.632. The molecule has 2 rings (SSSR count). The molecule has 2 unspecified atom stereocenters. The van der Waals surface area contributed by atoms with Gasteiger partial charge in [-0.3, -0.25) is 4.79 Å². The molecular weight excluding hydrogens is 302 g/mol. The van der Waals surface area contributed by atoms with Gasteiger partial charge in [0.2, 0.25) is 5.91 Å². The van der Waals surface area contributed by atoms with Crippen molar-refractivity contribution in [2.24, 2.45) is 11.7 Å². The second kappa shape index (κ2) is 9.52. The summed E-state index contributed by atoms with van der Waals surface area (Å²) in [6.45, 7) is 2.65. The highest BCUT2D eigenvalue weighted by molar-refractivity contribution is 5.81. The van der Waals surface area contributed by atoms with Gasteiger partial charge in [-0.2, -0.15) is 0 Å². The Labute approximate surface area is 145 Å². The van der Waals surface area contributed by atoms with Crippen molar-refractivity contribution in [2.75, 3.05) is 19.0 Å². The van der Waals surface area contributed by atoms with E-state index in [1.54, 1.807) is 7.11 Å². The zero-order valence-electron chi connectivity index (χ0n) is 14.9. The van der Waals surface area contributed by atoms with E-state index < -0.39 is 6.04 Å². The Morgan fingerprint density at radius 1 is 1.25 bits per heavy atom. The Morgan fingerprint density at radius 2 is 1.92 bits per heavy atom. The van der Waals surface area contributed by atoms with Crippen LogP contribution in [0.3, 0.4) is 0 Å². The molecule has 24 heavy (non-hydrogen) atoms. The van der Waals surface area contributed by atoms with Gasteiger partial charge in [-0.15, -0.1) is 0 Å². The molecule has 0 saturated heterocycles. The van der Waals surface area contributed by atoms with Crippen molar-refractivity contribution in [1.29, 1.82) is 0 Å². The van der Waals surface area contributed by atoms with E-state index in [4.69, 9.17) is 10.5 Å². The summed E-state index contributed by atoms with van der Waals surface area (Å²) in [4.78, 5) is 12.2. The lowest BCUT2D eigenvalue weighted by Crippen LogP contribution is -2.47. The molecular formula is C19H31N3O2. The standard InChI is InChI=1S/C19H31N3O2/c1-14(13-21-16-8-10-17(24-2)11-9-16)22-19(23)18(20)12-15-6-4-3-5-7-15/h8-11,14-15,18,21H,3-7,12-13,20H2,1-2H3,(H,22,23). The summed E-state index contributed by atoms with van der Waals surface area (Å²) >= 11 is 0. The van der Waals surface area contributed by atoms with Crippen LogP contribution in [0.2, 0.25) is 0 Å². The van der Waals surface area contributed by atoms with Gasteiger partial charge in [0.05, 0.1) is 13.2 Å². The minimum atomic E-state index is -0.392. The van der Waals surface area contributed by atoms with Crippen LogP contribution in [0.15, 0.2) is 24.3 Å². The summed E-state index contributed by atoms with van der Waals surface area (Å²) in [7, 11) is 1.65. The molecule has 0 radical (unpaired) electrons. The van der Waals surface area contributed by atoms with Gasteiger partial charge in [0.25, 0.3) is 0 Å². The normalized spacial score (nSPS) is 17.8. The first-order valence-corrected chi connectivity index (χ1v) is 9.02. The van der Waals surface area contributed by atoms with Crippen molar-refractivity contribution in [1.82, 2.24) is 5.32 Å². The third kappa shape index (κ3) is 6.04. The molecule has 1 saturated carbocycles. The third-order valence-corrected chi connectivity index (χ3v) is 4.74. The van der Waals surface area contributed by atoms with Crippen molar-refractivity contribution >= 4 is 11.6 Å². The van der Waals surface area contributed by atoms with Crippen LogP contribution in [0, 0.1) is 5.92 Å². The SMILES string of the molecule is COc1ccc(NCC(C)NC(=O)C(N)CC2CCCCC2)cc1. The number of amides is 1. The predicted molar refractivity (Wildman–Crippen MR) is 98.3 cm³/mol. The van der Waals surface area contributed by atoms with E-state index in [-0.39, 0.29) is 11.9 Å². The molecule has 0 bridgehead atoms. The van der Waals surface area contributed by atoms with Gasteiger partial charge in [0, 0.05) is 18.3 Å². The summed E-state index contributed by atoms with van der Waals surface area (Å²) < 4.78 is 5.14. The van der Waals surface area contributed by atoms with Crippen LogP contribution in [0.5, 0.6) is 5.75 Å². The molecule has 4 N–H and O–H groups in total. The van der Waals surface area contributed by atoms with Gasteiger partial charge in [-0.1, -0.05) is 32.1 Å². The number of anilines is 1. The van der Waals surface area contributed by atoms with E-state index in [0.717, 1.165) is 17.9 Å². The monoisotopic (exact) mass is 333 g/mol. The molecule has 1 amide bonds. The van der Waals surface area contributed by atoms with Crippen molar-refractivity contribution in [3.05, 3.63) is 24.3 Å². The molecule has 1 fully saturated rings. The van der Waals surface area contributed by atoms with Gasteiger partial charge in [0.1, 0.15) is 5.75 Å². The molecule has 0 heterocycles. The average molecular weight is 333 g/mol. The van der Waals surface area contributed by atoms with Crippen LogP contribution in [0.25, 0.3) is 0 Å². The van der Waals surface area contributed by atoms with Crippen LogP contribution >= 0.6 is 0 Å². The van der Waals surface area contributed by atoms with Crippen molar-refractivity contribution in [3.8, 4) is 5.75 Å². The first-order chi connectivity index (χ1) is 11.6. The van der Waals surface area contributed by atoms with E-state index in [2.05, 4.69) is 10.6 Å². The van der Waals surface area contributed by atoms with Crippen molar-refractivity contribution in [2.45, 2.75) is 57.5 Å². The number of carbonyl (C=O) groups excluding carboxylic acids is 1. The minimum Gasteiger partial charge on any atom is -0.497 e. The largest absolute Gasteiger partial charge is 0.497 e. The number of carbonyl (C=O) groups is 1. The summed E-state index contributed by atoms with van der Waals surface area (Å²) in [6.07, 6.45) is 7.13. The Hall–Kier alpha value is -1.75. The van der Waals surface area contributed by atoms with E-state index in [0.29, 0.717) is 12.5 Å². The van der Waals surface area contributed by atoms with Crippen LogP contribution in [0.4, 0.5) is 5.69 Å². The highest BCUT2D eigenvalue weighted by atomic mass is 16.5. The summed E-state index contributed by atoms with van der Waals surface area (Å²) in [5, 5.41) is 6.32. The first kappa shape index (κ1) is 18.6. The number of nitrogens with one attached hydrogen (secondary N) is 2. The third-order valence-electron chi connectivity index (χ3n) is 4.74. The van der Waals surface area contributed by atoms with Gasteiger partial charge >= 0.3 is 0 Å². The maximum absolute atomic E-state index is 12.2. The molecule has 0 spiro atoms. The number of benzene rings is 1. The lowest BCUT2D eigenvalue weighted by molar-refractivity contribution is -0.123. The Kier molecular flexibility index (Phi) is 7.37. The molecule has 0 aromatic heterocycles. The predicted octanol–water partition coefficient (Wildman–Crippen LogP) is 2.91. The molecule has 1 aromatic carbocycles. The van der Waals surface area contributed by atoms with Gasteiger partial charge in [0.15, 0.2) is 0 Å². The molecule has 5 heteroatoms. The minimum absolute atomic E-state index is 0.0250. The van der Waals surface area contributed by atoms with Gasteiger partial charge in [-0.25, -0.2) is 0 Å². The van der Waals surface area contributed by atoms with Crippen LogP contribution in [0.1, 0.15) is 45.4 Å². The topological polar surface area (TPSA) is 76.4 Å². The van der Waals surface area contributed by atoms with Crippen LogP contribution in [-0.4, -0.2) is 31.6 Å². The average Bonchev–Trinajstić information content (AvgIpc) is 2.61. The smallest absolute Gasteiger partial charge is 0.237 e. The second-order valence-corrected chi connectivity index (χ2v) is 6.87. The van der Waals surface area contributed by atoms with E-state index in [1.807, 2.05) is 31.2 Å². The first-order valence-electron chi connectivity index (χ1n) is 9.02. The number of ether oxygens (including phenoxy) is 1. The molecule has 0 aliphatic heterocycles. The summed E-state index contributed by atoms with van der Waals surface area (Å²) in [5.74, 6) is 1.41. The zero-order valence-corrected chi connectivity index (χ0v) is 14.9. The Bertz CT molecular complexity index is 498. The number of nitrogens with two attached hydrogens (primary N) is 1. The van der Waals surface area contributed by atoms with Crippen LogP contribution in [-0.2, 0) is 4.79 Å². The lowest BCUT2D eigenvalue weighted by atomic mass is 9.85. The summed E-state index contributed by atoms with van der Waals surface area (Å²) in [5.41, 5.74) is 7.09. The number of rotatable bonds is 8. The number of hydrogen-bond acceptors (Lipinski definition) is 4. The number of methoxy groups -OCH3 is 1. The maximum atomic E-state index is 12.2. The quantitative estimate of drug-likeness (QED) is 0.684. The summed E-state index contributed by atoms with van der Waals surface area (Å²) in [6, 6.07) is 7.37. The van der Waals surface area contributed by atoms with E-state index >= 15 is 0 Å². The second-order valence-electron chi connectivity index (χ2n) is 6.87. The maximum Gasteiger partial charge on any atom is 0.237 e. The number of hydrogen-bond donors (Lipinski definition) is 3. The molecule has 2 atom stereocenters. The van der Waals surface area contributed by atoms with E-state index in [1.165, 1.54) is 32.1 Å². The fourth-order valence-corrected chi connectivity index (χ4v) is 3.27.